The van der Waals surface area contributed by atoms with E-state index in [9.17, 15) is 9.59 Å². The predicted octanol–water partition coefficient (Wildman–Crippen LogP) is 1.20. The summed E-state index contributed by atoms with van der Waals surface area (Å²) in [5, 5.41) is 0. The lowest BCUT2D eigenvalue weighted by Gasteiger charge is -2.10. The van der Waals surface area contributed by atoms with E-state index in [1.54, 1.807) is 37.3 Å². The lowest BCUT2D eigenvalue weighted by atomic mass is 10.1. The molecule has 1 aromatic rings. The van der Waals surface area contributed by atoms with E-state index < -0.39 is 18.0 Å². The van der Waals surface area contributed by atoms with Crippen molar-refractivity contribution in [2.75, 3.05) is 6.61 Å². The van der Waals surface area contributed by atoms with Gasteiger partial charge in [-0.15, -0.1) is 0 Å². The highest BCUT2D eigenvalue weighted by atomic mass is 16.6. The Kier molecular flexibility index (Phi) is 5.44. The standard InChI is InChI=1S/C13H14N2O4/c1-3-18-12(16)9(2)19-13(17)11(15-14)10-7-5-4-6-8-10/h4-9H,3H2,1-2H3/t9-/m0/s1. The molecule has 0 aliphatic heterocycles. The van der Waals surface area contributed by atoms with Crippen LogP contribution in [-0.2, 0) is 19.1 Å². The monoisotopic (exact) mass is 262 g/mol. The zero-order valence-electron chi connectivity index (χ0n) is 10.7. The average Bonchev–Trinajstić information content (AvgIpc) is 2.41. The SMILES string of the molecule is CCOC(=O)[C@H](C)OC(=O)C(=[N+]=[N-])c1ccccc1. The first kappa shape index (κ1) is 14.6. The average molecular weight is 262 g/mol. The van der Waals surface area contributed by atoms with Crippen LogP contribution in [0.3, 0.4) is 0 Å². The molecule has 0 N–H and O–H groups in total. The van der Waals surface area contributed by atoms with Crippen LogP contribution in [0.1, 0.15) is 19.4 Å². The van der Waals surface area contributed by atoms with Crippen LogP contribution >= 0.6 is 0 Å². The summed E-state index contributed by atoms with van der Waals surface area (Å²) in [6.45, 7) is 3.23. The van der Waals surface area contributed by atoms with Gasteiger partial charge in [-0.25, -0.2) is 9.59 Å². The van der Waals surface area contributed by atoms with E-state index >= 15 is 0 Å². The van der Waals surface area contributed by atoms with E-state index in [1.165, 1.54) is 6.92 Å². The van der Waals surface area contributed by atoms with Crippen LogP contribution in [0, 0.1) is 0 Å². The van der Waals surface area contributed by atoms with Crippen LogP contribution in [0.5, 0.6) is 0 Å². The van der Waals surface area contributed by atoms with Crippen LogP contribution in [0.15, 0.2) is 30.3 Å². The first-order chi connectivity index (χ1) is 9.10. The molecule has 0 saturated heterocycles. The van der Waals surface area contributed by atoms with Gasteiger partial charge in [-0.1, -0.05) is 18.2 Å². The third-order valence-electron chi connectivity index (χ3n) is 2.24. The van der Waals surface area contributed by atoms with Gasteiger partial charge in [0, 0.05) is 0 Å². The summed E-state index contributed by atoms with van der Waals surface area (Å²) in [6.07, 6.45) is -1.06. The summed E-state index contributed by atoms with van der Waals surface area (Å²) < 4.78 is 9.57. The van der Waals surface area contributed by atoms with Crippen LogP contribution in [0.25, 0.3) is 5.53 Å². The van der Waals surface area contributed by atoms with Crippen molar-refractivity contribution < 1.29 is 23.9 Å². The van der Waals surface area contributed by atoms with Gasteiger partial charge >= 0.3 is 17.7 Å². The van der Waals surface area contributed by atoms with E-state index in [2.05, 4.69) is 4.79 Å². The molecule has 0 fully saturated rings. The summed E-state index contributed by atoms with van der Waals surface area (Å²) in [6, 6.07) is 8.30. The number of carbonyl (C=O) groups excluding carboxylic acids is 2. The Hall–Kier alpha value is -2.46. The zero-order valence-corrected chi connectivity index (χ0v) is 10.7. The van der Waals surface area contributed by atoms with Crippen molar-refractivity contribution in [3.8, 4) is 0 Å². The lowest BCUT2D eigenvalue weighted by Crippen LogP contribution is -2.30. The number of carbonyl (C=O) groups is 2. The molecular weight excluding hydrogens is 248 g/mol. The van der Waals surface area contributed by atoms with E-state index in [0.717, 1.165) is 0 Å². The minimum atomic E-state index is -1.06. The number of rotatable bonds is 5. The molecular formula is C13H14N2O4. The van der Waals surface area contributed by atoms with Gasteiger partial charge < -0.3 is 15.0 Å². The second-order valence-electron chi connectivity index (χ2n) is 3.61. The first-order valence-electron chi connectivity index (χ1n) is 5.75. The fourth-order valence-corrected chi connectivity index (χ4v) is 1.34. The second-order valence-corrected chi connectivity index (χ2v) is 3.61. The number of esters is 2. The minimum absolute atomic E-state index is 0.195. The van der Waals surface area contributed by atoms with Crippen molar-refractivity contribution in [1.82, 2.24) is 0 Å². The van der Waals surface area contributed by atoms with Crippen molar-refractivity contribution in [2.24, 2.45) is 0 Å². The Morgan fingerprint density at radius 1 is 1.32 bits per heavy atom. The molecule has 0 aliphatic rings. The first-order valence-corrected chi connectivity index (χ1v) is 5.75. The molecule has 0 saturated carbocycles. The fraction of sp³-hybridized carbons (Fsp3) is 0.308. The molecule has 1 rings (SSSR count). The van der Waals surface area contributed by atoms with Gasteiger partial charge in [-0.2, -0.15) is 4.79 Å². The Morgan fingerprint density at radius 3 is 2.47 bits per heavy atom. The van der Waals surface area contributed by atoms with Crippen LogP contribution < -0.4 is 0 Å². The maximum absolute atomic E-state index is 11.8. The number of benzene rings is 1. The van der Waals surface area contributed by atoms with Crippen molar-refractivity contribution in [2.45, 2.75) is 20.0 Å². The third-order valence-corrected chi connectivity index (χ3v) is 2.24. The van der Waals surface area contributed by atoms with Gasteiger partial charge in [0.15, 0.2) is 6.10 Å². The lowest BCUT2D eigenvalue weighted by molar-refractivity contribution is -0.164. The second kappa shape index (κ2) is 7.08. The maximum Gasteiger partial charge on any atom is 0.423 e. The highest BCUT2D eigenvalue weighted by Crippen LogP contribution is 2.03. The van der Waals surface area contributed by atoms with Gasteiger partial charge in [-0.05, 0) is 26.0 Å². The topological polar surface area (TPSA) is 89.0 Å². The molecule has 0 aliphatic carbocycles. The highest BCUT2D eigenvalue weighted by Gasteiger charge is 2.29. The number of nitrogens with zero attached hydrogens (tertiary/aromatic N) is 2. The number of hydrogen-bond acceptors (Lipinski definition) is 4. The van der Waals surface area contributed by atoms with Gasteiger partial charge in [-0.3, -0.25) is 0 Å². The van der Waals surface area contributed by atoms with Gasteiger partial charge in [0.2, 0.25) is 0 Å². The fourth-order valence-electron chi connectivity index (χ4n) is 1.34. The Morgan fingerprint density at radius 2 is 1.95 bits per heavy atom. The van der Waals surface area contributed by atoms with Gasteiger partial charge in [0.25, 0.3) is 0 Å². The molecule has 0 amide bonds. The van der Waals surface area contributed by atoms with E-state index in [1.807, 2.05) is 0 Å². The normalized spacial score (nSPS) is 11.1. The highest BCUT2D eigenvalue weighted by molar-refractivity contribution is 6.40. The zero-order chi connectivity index (χ0) is 14.3. The third kappa shape index (κ3) is 4.04. The molecule has 19 heavy (non-hydrogen) atoms. The van der Waals surface area contributed by atoms with E-state index in [0.29, 0.717) is 5.56 Å². The Labute approximate surface area is 110 Å². The Balaban J connectivity index is 2.77. The summed E-state index contributed by atoms with van der Waals surface area (Å²) >= 11 is 0. The van der Waals surface area contributed by atoms with Crippen molar-refractivity contribution in [3.63, 3.8) is 0 Å². The summed E-state index contributed by atoms with van der Waals surface area (Å²) in [5.41, 5.74) is 9.00. The van der Waals surface area contributed by atoms with E-state index in [-0.39, 0.29) is 12.3 Å². The van der Waals surface area contributed by atoms with Gasteiger partial charge in [0.1, 0.15) is 0 Å². The van der Waals surface area contributed by atoms with E-state index in [4.69, 9.17) is 15.0 Å². The van der Waals surface area contributed by atoms with Crippen LogP contribution in [-0.4, -0.2) is 35.2 Å². The molecule has 0 bridgehead atoms. The molecule has 0 unspecified atom stereocenters. The number of hydrogen-bond donors (Lipinski definition) is 0. The minimum Gasteiger partial charge on any atom is -0.463 e. The molecule has 1 atom stereocenters. The van der Waals surface area contributed by atoms with Crippen molar-refractivity contribution in [3.05, 3.63) is 41.4 Å². The molecule has 0 radical (unpaired) electrons. The summed E-state index contributed by atoms with van der Waals surface area (Å²) in [7, 11) is 0. The Bertz CT molecular complexity index is 507. The van der Waals surface area contributed by atoms with Crippen LogP contribution in [0.2, 0.25) is 0 Å². The molecule has 6 heteroatoms. The van der Waals surface area contributed by atoms with Crippen molar-refractivity contribution >= 4 is 17.7 Å². The molecule has 0 heterocycles. The summed E-state index contributed by atoms with van der Waals surface area (Å²) in [5.74, 6) is -1.55. The van der Waals surface area contributed by atoms with Crippen LogP contribution in [0.4, 0.5) is 0 Å². The molecule has 100 valence electrons. The summed E-state index contributed by atoms with van der Waals surface area (Å²) in [4.78, 5) is 26.0. The van der Waals surface area contributed by atoms with Crippen molar-refractivity contribution in [1.29, 1.82) is 0 Å². The van der Waals surface area contributed by atoms with Gasteiger partial charge in [0.05, 0.1) is 12.2 Å². The predicted molar refractivity (Wildman–Crippen MR) is 66.4 cm³/mol. The smallest absolute Gasteiger partial charge is 0.423 e. The number of ether oxygens (including phenoxy) is 2. The molecule has 0 spiro atoms. The molecule has 1 aromatic carbocycles. The molecule has 0 aromatic heterocycles. The molecule has 6 nitrogen and oxygen atoms in total. The maximum atomic E-state index is 11.8. The largest absolute Gasteiger partial charge is 0.463 e. The quantitative estimate of drug-likeness (QED) is 0.345.